The van der Waals surface area contributed by atoms with Crippen LogP contribution in [0, 0.1) is 0 Å². The standard InChI is InChI=1S/C12H15ClN2O/c13-6-5-12(16)15(11-3-4-11)9-10-2-1-7-14-8-10/h1-2,7-8,11H,3-6,9H2. The van der Waals surface area contributed by atoms with E-state index in [-0.39, 0.29) is 5.91 Å². The zero-order valence-corrected chi connectivity index (χ0v) is 9.86. The molecule has 1 heterocycles. The van der Waals surface area contributed by atoms with Gasteiger partial charge >= 0.3 is 0 Å². The Labute approximate surface area is 100 Å². The molecule has 1 aliphatic rings. The van der Waals surface area contributed by atoms with Gasteiger partial charge in [0.1, 0.15) is 0 Å². The molecule has 1 fully saturated rings. The zero-order valence-electron chi connectivity index (χ0n) is 9.10. The van der Waals surface area contributed by atoms with Crippen molar-refractivity contribution in [2.45, 2.75) is 31.8 Å². The van der Waals surface area contributed by atoms with Crippen LogP contribution < -0.4 is 0 Å². The summed E-state index contributed by atoms with van der Waals surface area (Å²) in [5.41, 5.74) is 1.08. The van der Waals surface area contributed by atoms with Crippen LogP contribution in [0.5, 0.6) is 0 Å². The van der Waals surface area contributed by atoms with E-state index in [9.17, 15) is 4.79 Å². The number of nitrogens with zero attached hydrogens (tertiary/aromatic N) is 2. The molecule has 1 aromatic heterocycles. The second-order valence-corrected chi connectivity index (χ2v) is 4.43. The molecular formula is C12H15ClN2O. The monoisotopic (exact) mass is 238 g/mol. The first-order valence-corrected chi connectivity index (χ1v) is 6.09. The Morgan fingerprint density at radius 3 is 2.94 bits per heavy atom. The quantitative estimate of drug-likeness (QED) is 0.737. The normalized spacial score (nSPS) is 14.8. The van der Waals surface area contributed by atoms with Crippen molar-refractivity contribution in [2.75, 3.05) is 5.88 Å². The van der Waals surface area contributed by atoms with Gasteiger partial charge in [-0.25, -0.2) is 0 Å². The summed E-state index contributed by atoms with van der Waals surface area (Å²) in [5, 5.41) is 0. The average Bonchev–Trinajstić information content (AvgIpc) is 3.11. The molecule has 0 radical (unpaired) electrons. The Morgan fingerprint density at radius 1 is 1.56 bits per heavy atom. The number of halogens is 1. The van der Waals surface area contributed by atoms with Gasteiger partial charge in [-0.3, -0.25) is 9.78 Å². The smallest absolute Gasteiger partial charge is 0.224 e. The minimum absolute atomic E-state index is 0.154. The maximum Gasteiger partial charge on any atom is 0.224 e. The molecule has 0 bridgehead atoms. The molecule has 2 rings (SSSR count). The van der Waals surface area contributed by atoms with Crippen molar-refractivity contribution in [3.63, 3.8) is 0 Å². The number of hydrogen-bond donors (Lipinski definition) is 0. The van der Waals surface area contributed by atoms with Crippen LogP contribution in [0.3, 0.4) is 0 Å². The lowest BCUT2D eigenvalue weighted by Crippen LogP contribution is -2.32. The fourth-order valence-electron chi connectivity index (χ4n) is 1.72. The van der Waals surface area contributed by atoms with Gasteiger partial charge in [-0.05, 0) is 24.5 Å². The van der Waals surface area contributed by atoms with Crippen LogP contribution in [0.2, 0.25) is 0 Å². The molecule has 86 valence electrons. The van der Waals surface area contributed by atoms with E-state index in [4.69, 9.17) is 11.6 Å². The number of pyridine rings is 1. The first-order valence-electron chi connectivity index (χ1n) is 5.55. The van der Waals surface area contributed by atoms with Gasteiger partial charge in [-0.1, -0.05) is 6.07 Å². The molecule has 4 heteroatoms. The van der Waals surface area contributed by atoms with Crippen molar-refractivity contribution < 1.29 is 4.79 Å². The summed E-state index contributed by atoms with van der Waals surface area (Å²) in [4.78, 5) is 17.8. The number of hydrogen-bond acceptors (Lipinski definition) is 2. The number of amides is 1. The van der Waals surface area contributed by atoms with Crippen molar-refractivity contribution in [1.82, 2.24) is 9.88 Å². The Kier molecular flexibility index (Phi) is 3.78. The molecular weight excluding hydrogens is 224 g/mol. The largest absolute Gasteiger partial charge is 0.335 e. The third-order valence-electron chi connectivity index (χ3n) is 2.69. The first kappa shape index (κ1) is 11.4. The van der Waals surface area contributed by atoms with Gasteiger partial charge in [-0.15, -0.1) is 11.6 Å². The average molecular weight is 239 g/mol. The van der Waals surface area contributed by atoms with Crippen molar-refractivity contribution in [2.24, 2.45) is 0 Å². The lowest BCUT2D eigenvalue weighted by Gasteiger charge is -2.22. The second-order valence-electron chi connectivity index (χ2n) is 4.05. The van der Waals surface area contributed by atoms with E-state index >= 15 is 0 Å². The third kappa shape index (κ3) is 2.95. The Balaban J connectivity index is 2.00. The molecule has 1 saturated carbocycles. The van der Waals surface area contributed by atoms with Gasteiger partial charge in [-0.2, -0.15) is 0 Å². The molecule has 0 N–H and O–H groups in total. The lowest BCUT2D eigenvalue weighted by molar-refractivity contribution is -0.132. The van der Waals surface area contributed by atoms with Gasteiger partial charge in [0.2, 0.25) is 5.91 Å². The SMILES string of the molecule is O=C(CCCl)N(Cc1cccnc1)C1CC1. The van der Waals surface area contributed by atoms with Crippen molar-refractivity contribution in [3.8, 4) is 0 Å². The van der Waals surface area contributed by atoms with Gasteiger partial charge < -0.3 is 4.90 Å². The Bertz CT molecular complexity index is 351. The summed E-state index contributed by atoms with van der Waals surface area (Å²) in [6.45, 7) is 0.661. The minimum atomic E-state index is 0.154. The summed E-state index contributed by atoms with van der Waals surface area (Å²) in [5.74, 6) is 0.552. The summed E-state index contributed by atoms with van der Waals surface area (Å²) in [6, 6.07) is 4.32. The van der Waals surface area contributed by atoms with E-state index in [2.05, 4.69) is 4.98 Å². The Hall–Kier alpha value is -1.09. The highest BCUT2D eigenvalue weighted by molar-refractivity contribution is 6.18. The fourth-order valence-corrected chi connectivity index (χ4v) is 1.88. The number of aromatic nitrogens is 1. The molecule has 0 aromatic carbocycles. The number of carbonyl (C=O) groups excluding carboxylic acids is 1. The van der Waals surface area contributed by atoms with Crippen LogP contribution in [0.1, 0.15) is 24.8 Å². The van der Waals surface area contributed by atoms with E-state index in [1.165, 1.54) is 0 Å². The fraction of sp³-hybridized carbons (Fsp3) is 0.500. The van der Waals surface area contributed by atoms with Crippen molar-refractivity contribution in [3.05, 3.63) is 30.1 Å². The van der Waals surface area contributed by atoms with E-state index in [1.807, 2.05) is 23.2 Å². The Morgan fingerprint density at radius 2 is 2.38 bits per heavy atom. The minimum Gasteiger partial charge on any atom is -0.335 e. The summed E-state index contributed by atoms with van der Waals surface area (Å²) < 4.78 is 0. The summed E-state index contributed by atoms with van der Waals surface area (Å²) in [7, 11) is 0. The highest BCUT2D eigenvalue weighted by Crippen LogP contribution is 2.28. The van der Waals surface area contributed by atoms with E-state index in [0.29, 0.717) is 24.9 Å². The topological polar surface area (TPSA) is 33.2 Å². The highest BCUT2D eigenvalue weighted by atomic mass is 35.5. The second kappa shape index (κ2) is 5.30. The first-order chi connectivity index (χ1) is 7.81. The summed E-state index contributed by atoms with van der Waals surface area (Å²) in [6.07, 6.45) is 6.22. The number of rotatable bonds is 5. The molecule has 0 unspecified atom stereocenters. The molecule has 1 amide bonds. The third-order valence-corrected chi connectivity index (χ3v) is 2.88. The van der Waals surface area contributed by atoms with Gasteiger partial charge in [0.25, 0.3) is 0 Å². The molecule has 16 heavy (non-hydrogen) atoms. The van der Waals surface area contributed by atoms with Crippen molar-refractivity contribution >= 4 is 17.5 Å². The molecule has 0 saturated heterocycles. The molecule has 0 atom stereocenters. The summed E-state index contributed by atoms with van der Waals surface area (Å²) >= 11 is 5.61. The predicted octanol–water partition coefficient (Wildman–Crippen LogP) is 2.20. The van der Waals surface area contributed by atoms with Crippen LogP contribution in [0.4, 0.5) is 0 Å². The van der Waals surface area contributed by atoms with Crippen molar-refractivity contribution in [1.29, 1.82) is 0 Å². The molecule has 3 nitrogen and oxygen atoms in total. The van der Waals surface area contributed by atoms with Gasteiger partial charge in [0.05, 0.1) is 0 Å². The van der Waals surface area contributed by atoms with Crippen LogP contribution in [0.25, 0.3) is 0 Å². The zero-order chi connectivity index (χ0) is 11.4. The maximum absolute atomic E-state index is 11.9. The van der Waals surface area contributed by atoms with Crippen LogP contribution in [-0.2, 0) is 11.3 Å². The number of alkyl halides is 1. The van der Waals surface area contributed by atoms with E-state index in [1.54, 1.807) is 6.20 Å². The van der Waals surface area contributed by atoms with Gasteiger partial charge in [0, 0.05) is 37.3 Å². The molecule has 1 aliphatic carbocycles. The maximum atomic E-state index is 11.9. The van der Waals surface area contributed by atoms with E-state index in [0.717, 1.165) is 18.4 Å². The molecule has 0 spiro atoms. The van der Waals surface area contributed by atoms with E-state index < -0.39 is 0 Å². The van der Waals surface area contributed by atoms with Gasteiger partial charge in [0.15, 0.2) is 0 Å². The highest BCUT2D eigenvalue weighted by Gasteiger charge is 2.31. The van der Waals surface area contributed by atoms with Crippen LogP contribution in [0.15, 0.2) is 24.5 Å². The van der Waals surface area contributed by atoms with Crippen LogP contribution >= 0.6 is 11.6 Å². The van der Waals surface area contributed by atoms with Crippen LogP contribution in [-0.4, -0.2) is 27.7 Å². The molecule has 1 aromatic rings. The lowest BCUT2D eigenvalue weighted by atomic mass is 10.2. The number of carbonyl (C=O) groups is 1. The predicted molar refractivity (Wildman–Crippen MR) is 63.1 cm³/mol. The molecule has 0 aliphatic heterocycles.